The van der Waals surface area contributed by atoms with Crippen molar-refractivity contribution in [2.24, 2.45) is 5.73 Å². The predicted octanol–water partition coefficient (Wildman–Crippen LogP) is 1.89. The lowest BCUT2D eigenvalue weighted by Gasteiger charge is -2.16. The van der Waals surface area contributed by atoms with E-state index in [-0.39, 0.29) is 18.0 Å². The number of nitrogens with two attached hydrogens (primary N) is 1. The summed E-state index contributed by atoms with van der Waals surface area (Å²) in [5.41, 5.74) is 6.27. The number of amides is 2. The van der Waals surface area contributed by atoms with E-state index in [2.05, 4.69) is 10.6 Å². The van der Waals surface area contributed by atoms with Crippen LogP contribution in [0.25, 0.3) is 10.9 Å². The van der Waals surface area contributed by atoms with Crippen molar-refractivity contribution in [1.82, 2.24) is 15.2 Å². The number of hydrogen-bond donors (Lipinski definition) is 3. The fourth-order valence-corrected chi connectivity index (χ4v) is 3.16. The minimum Gasteiger partial charge on any atom is -0.457 e. The van der Waals surface area contributed by atoms with Crippen LogP contribution in [0.5, 0.6) is 11.5 Å². The first-order valence-electron chi connectivity index (χ1n) is 10.0. The van der Waals surface area contributed by atoms with E-state index in [0.29, 0.717) is 35.7 Å². The summed E-state index contributed by atoms with van der Waals surface area (Å²) in [7, 11) is 0. The molecule has 0 aliphatic rings. The Balaban J connectivity index is 1.98. The Bertz CT molecular complexity index is 1140. The van der Waals surface area contributed by atoms with Gasteiger partial charge in [0, 0.05) is 38.2 Å². The molecule has 31 heavy (non-hydrogen) atoms. The normalized spacial score (nSPS) is 11.8. The number of ether oxygens (including phenoxy) is 1. The molecule has 8 nitrogen and oxygen atoms in total. The number of hydrogen-bond acceptors (Lipinski definition) is 5. The number of nitrogens with zero attached hydrogens (tertiary/aromatic N) is 1. The standard InChI is InChI=1S/C23H26N4O4/c1-15(22(24)29)26-14-18-12-17-8-9-20(31-19-6-4-3-5-7-19)13-21(17)27(23(18)30)11-10-25-16(2)28/h3-9,12-13,15,26H,10-11,14H2,1-2H3,(H2,24,29)(H,25,28). The van der Waals surface area contributed by atoms with Crippen molar-refractivity contribution in [2.45, 2.75) is 33.0 Å². The largest absolute Gasteiger partial charge is 0.457 e. The minimum absolute atomic E-state index is 0.168. The molecule has 1 aromatic heterocycles. The molecule has 0 fully saturated rings. The van der Waals surface area contributed by atoms with Gasteiger partial charge in [-0.05, 0) is 42.6 Å². The Hall–Kier alpha value is -3.65. The van der Waals surface area contributed by atoms with Gasteiger partial charge in [0.15, 0.2) is 0 Å². The van der Waals surface area contributed by atoms with Crippen molar-refractivity contribution in [3.63, 3.8) is 0 Å². The van der Waals surface area contributed by atoms with Crippen LogP contribution in [0, 0.1) is 0 Å². The summed E-state index contributed by atoms with van der Waals surface area (Å²) in [4.78, 5) is 35.7. The molecule has 0 bridgehead atoms. The average molecular weight is 422 g/mol. The molecule has 1 heterocycles. The Morgan fingerprint density at radius 1 is 1.10 bits per heavy atom. The van der Waals surface area contributed by atoms with Gasteiger partial charge in [-0.25, -0.2) is 0 Å². The van der Waals surface area contributed by atoms with Gasteiger partial charge in [-0.2, -0.15) is 0 Å². The summed E-state index contributed by atoms with van der Waals surface area (Å²) in [6.45, 7) is 3.87. The maximum absolute atomic E-state index is 13.2. The quantitative estimate of drug-likeness (QED) is 0.487. The molecular formula is C23H26N4O4. The van der Waals surface area contributed by atoms with Gasteiger partial charge in [0.1, 0.15) is 11.5 Å². The first kappa shape index (κ1) is 22.0. The van der Waals surface area contributed by atoms with Crippen LogP contribution < -0.4 is 26.7 Å². The zero-order chi connectivity index (χ0) is 22.4. The van der Waals surface area contributed by atoms with Gasteiger partial charge in [0.25, 0.3) is 5.56 Å². The molecule has 0 aliphatic carbocycles. The second-order valence-corrected chi connectivity index (χ2v) is 7.25. The Morgan fingerprint density at radius 3 is 2.52 bits per heavy atom. The van der Waals surface area contributed by atoms with Crippen LogP contribution in [0.4, 0.5) is 0 Å². The van der Waals surface area contributed by atoms with E-state index in [0.717, 1.165) is 5.39 Å². The topological polar surface area (TPSA) is 115 Å². The molecule has 0 spiro atoms. The zero-order valence-electron chi connectivity index (χ0n) is 17.6. The highest BCUT2D eigenvalue weighted by atomic mass is 16.5. The van der Waals surface area contributed by atoms with Crippen molar-refractivity contribution in [1.29, 1.82) is 0 Å². The molecule has 1 atom stereocenters. The summed E-state index contributed by atoms with van der Waals surface area (Å²) in [5.74, 6) is 0.628. The van der Waals surface area contributed by atoms with Gasteiger partial charge < -0.3 is 25.7 Å². The van der Waals surface area contributed by atoms with Crippen LogP contribution in [0.2, 0.25) is 0 Å². The van der Waals surface area contributed by atoms with Crippen LogP contribution in [-0.4, -0.2) is 29.0 Å². The van der Waals surface area contributed by atoms with Crippen LogP contribution in [-0.2, 0) is 22.7 Å². The third-order valence-corrected chi connectivity index (χ3v) is 4.86. The minimum atomic E-state index is -0.565. The molecule has 1 unspecified atom stereocenters. The van der Waals surface area contributed by atoms with Crippen molar-refractivity contribution < 1.29 is 14.3 Å². The summed E-state index contributed by atoms with van der Waals surface area (Å²) < 4.78 is 7.52. The first-order chi connectivity index (χ1) is 14.8. The van der Waals surface area contributed by atoms with Crippen molar-refractivity contribution in [3.8, 4) is 11.5 Å². The molecule has 0 saturated carbocycles. The summed E-state index contributed by atoms with van der Waals surface area (Å²) in [6.07, 6.45) is 0. The molecule has 0 aliphatic heterocycles. The second-order valence-electron chi connectivity index (χ2n) is 7.25. The SMILES string of the molecule is CC(=O)NCCn1c(=O)c(CNC(C)C(N)=O)cc2ccc(Oc3ccccc3)cc21. The summed E-state index contributed by atoms with van der Waals surface area (Å²) >= 11 is 0. The number of primary amides is 1. The van der Waals surface area contributed by atoms with Gasteiger partial charge >= 0.3 is 0 Å². The van der Waals surface area contributed by atoms with Crippen LogP contribution in [0.15, 0.2) is 59.4 Å². The molecule has 0 saturated heterocycles. The Kier molecular flexibility index (Phi) is 7.04. The lowest BCUT2D eigenvalue weighted by Crippen LogP contribution is -2.40. The third kappa shape index (κ3) is 5.70. The van der Waals surface area contributed by atoms with E-state index in [4.69, 9.17) is 10.5 Å². The number of fused-ring (bicyclic) bond motifs is 1. The van der Waals surface area contributed by atoms with Gasteiger partial charge in [-0.15, -0.1) is 0 Å². The maximum Gasteiger partial charge on any atom is 0.255 e. The van der Waals surface area contributed by atoms with Crippen molar-refractivity contribution in [3.05, 3.63) is 70.5 Å². The second kappa shape index (κ2) is 9.90. The van der Waals surface area contributed by atoms with E-state index in [1.54, 1.807) is 23.6 Å². The lowest BCUT2D eigenvalue weighted by molar-refractivity contribution is -0.120. The Morgan fingerprint density at radius 2 is 1.84 bits per heavy atom. The van der Waals surface area contributed by atoms with Crippen molar-refractivity contribution in [2.75, 3.05) is 6.54 Å². The Labute approximate surface area is 180 Å². The fourth-order valence-electron chi connectivity index (χ4n) is 3.16. The number of aromatic nitrogens is 1. The van der Waals surface area contributed by atoms with Gasteiger partial charge in [0.05, 0.1) is 11.6 Å². The zero-order valence-corrected chi connectivity index (χ0v) is 17.6. The lowest BCUT2D eigenvalue weighted by atomic mass is 10.1. The van der Waals surface area contributed by atoms with Gasteiger partial charge in [-0.3, -0.25) is 14.4 Å². The van der Waals surface area contributed by atoms with E-state index >= 15 is 0 Å². The van der Waals surface area contributed by atoms with E-state index in [1.807, 2.05) is 42.5 Å². The highest BCUT2D eigenvalue weighted by molar-refractivity contribution is 5.82. The van der Waals surface area contributed by atoms with Crippen molar-refractivity contribution >= 4 is 22.7 Å². The van der Waals surface area contributed by atoms with E-state index < -0.39 is 11.9 Å². The average Bonchev–Trinajstić information content (AvgIpc) is 2.74. The maximum atomic E-state index is 13.2. The smallest absolute Gasteiger partial charge is 0.255 e. The predicted molar refractivity (Wildman–Crippen MR) is 119 cm³/mol. The van der Waals surface area contributed by atoms with E-state index in [1.165, 1.54) is 6.92 Å². The molecule has 4 N–H and O–H groups in total. The number of benzene rings is 2. The fraction of sp³-hybridized carbons (Fsp3) is 0.261. The molecule has 3 rings (SSSR count). The number of rotatable bonds is 9. The van der Waals surface area contributed by atoms with Gasteiger partial charge in [-0.1, -0.05) is 18.2 Å². The van der Waals surface area contributed by atoms with Crippen LogP contribution in [0.1, 0.15) is 19.4 Å². The molecule has 0 radical (unpaired) electrons. The van der Waals surface area contributed by atoms with Crippen LogP contribution >= 0.6 is 0 Å². The molecule has 2 aromatic carbocycles. The highest BCUT2D eigenvalue weighted by Gasteiger charge is 2.13. The number of para-hydroxylation sites is 1. The van der Waals surface area contributed by atoms with Crippen LogP contribution in [0.3, 0.4) is 0 Å². The highest BCUT2D eigenvalue weighted by Crippen LogP contribution is 2.25. The van der Waals surface area contributed by atoms with Gasteiger partial charge in [0.2, 0.25) is 11.8 Å². The molecular weight excluding hydrogens is 396 g/mol. The molecule has 2 amide bonds. The molecule has 162 valence electrons. The summed E-state index contributed by atoms with van der Waals surface area (Å²) in [6, 6.07) is 16.1. The molecule has 3 aromatic rings. The summed E-state index contributed by atoms with van der Waals surface area (Å²) in [5, 5.41) is 6.52. The number of carbonyl (C=O) groups is 2. The number of carbonyl (C=O) groups excluding carboxylic acids is 2. The number of nitrogens with one attached hydrogen (secondary N) is 2. The third-order valence-electron chi connectivity index (χ3n) is 4.86. The first-order valence-corrected chi connectivity index (χ1v) is 10.0. The monoisotopic (exact) mass is 422 g/mol. The number of pyridine rings is 1. The molecule has 8 heteroatoms. The van der Waals surface area contributed by atoms with E-state index in [9.17, 15) is 14.4 Å².